The molecule has 0 aliphatic carbocycles. The van der Waals surface area contributed by atoms with Crippen molar-refractivity contribution in [1.29, 1.82) is 0 Å². The van der Waals surface area contributed by atoms with E-state index in [2.05, 4.69) is 15.9 Å². The smallest absolute Gasteiger partial charge is 0.243 e. The van der Waals surface area contributed by atoms with E-state index in [0.717, 1.165) is 9.87 Å². The highest BCUT2D eigenvalue weighted by Crippen LogP contribution is 2.19. The molecule has 0 unspecified atom stereocenters. The first-order chi connectivity index (χ1) is 8.78. The lowest BCUT2D eigenvalue weighted by Gasteiger charge is -2.24. The molecule has 0 aliphatic rings. The molecule has 0 spiro atoms. The van der Waals surface area contributed by atoms with Gasteiger partial charge in [0.15, 0.2) is 0 Å². The molecule has 0 radical (unpaired) electrons. The van der Waals surface area contributed by atoms with Crippen molar-refractivity contribution in [3.63, 3.8) is 0 Å². The van der Waals surface area contributed by atoms with Gasteiger partial charge in [0.2, 0.25) is 15.9 Å². The number of hydrogen-bond acceptors (Lipinski definition) is 3. The van der Waals surface area contributed by atoms with E-state index >= 15 is 0 Å². The van der Waals surface area contributed by atoms with E-state index in [9.17, 15) is 13.2 Å². The average Bonchev–Trinajstić information content (AvgIpc) is 2.35. The van der Waals surface area contributed by atoms with E-state index in [1.54, 1.807) is 26.0 Å². The molecule has 5 nitrogen and oxygen atoms in total. The SMILES string of the molecule is CC(C)N(CC(N)=O)S(=O)(=O)c1ccc(CBr)cc1. The largest absolute Gasteiger partial charge is 0.369 e. The maximum atomic E-state index is 12.4. The van der Waals surface area contributed by atoms with Gasteiger partial charge < -0.3 is 5.73 Å². The molecular weight excluding hydrogens is 332 g/mol. The number of carbonyl (C=O) groups is 1. The first-order valence-corrected chi connectivity index (χ1v) is 8.30. The first kappa shape index (κ1) is 16.1. The van der Waals surface area contributed by atoms with Crippen LogP contribution in [0.5, 0.6) is 0 Å². The molecule has 0 heterocycles. The molecule has 0 saturated carbocycles. The Hall–Kier alpha value is -0.920. The zero-order valence-corrected chi connectivity index (χ0v) is 13.2. The number of alkyl halides is 1. The van der Waals surface area contributed by atoms with E-state index in [0.29, 0.717) is 5.33 Å². The zero-order valence-electron chi connectivity index (χ0n) is 10.8. The number of benzene rings is 1. The van der Waals surface area contributed by atoms with Gasteiger partial charge in [0.1, 0.15) is 0 Å². The van der Waals surface area contributed by atoms with Crippen LogP contribution in [0.1, 0.15) is 19.4 Å². The molecule has 0 atom stereocenters. The van der Waals surface area contributed by atoms with Gasteiger partial charge in [0, 0.05) is 11.4 Å². The highest BCUT2D eigenvalue weighted by atomic mass is 79.9. The van der Waals surface area contributed by atoms with Crippen LogP contribution in [0.15, 0.2) is 29.2 Å². The summed E-state index contributed by atoms with van der Waals surface area (Å²) in [7, 11) is -3.70. The number of nitrogens with two attached hydrogens (primary N) is 1. The normalized spacial score (nSPS) is 12.1. The van der Waals surface area contributed by atoms with E-state index in [1.165, 1.54) is 12.1 Å². The van der Waals surface area contributed by atoms with Crippen molar-refractivity contribution in [2.24, 2.45) is 5.73 Å². The Morgan fingerprint density at radius 1 is 1.32 bits per heavy atom. The lowest BCUT2D eigenvalue weighted by Crippen LogP contribution is -2.42. The first-order valence-electron chi connectivity index (χ1n) is 5.74. The predicted molar refractivity (Wildman–Crippen MR) is 77.3 cm³/mol. The Morgan fingerprint density at radius 2 is 1.84 bits per heavy atom. The van der Waals surface area contributed by atoms with Gasteiger partial charge in [-0.3, -0.25) is 4.79 Å². The van der Waals surface area contributed by atoms with Gasteiger partial charge in [-0.2, -0.15) is 4.31 Å². The number of primary amides is 1. The Kier molecular flexibility index (Phi) is 5.51. The summed E-state index contributed by atoms with van der Waals surface area (Å²) in [4.78, 5) is 11.2. The molecular formula is C12H17BrN2O3S. The lowest BCUT2D eigenvalue weighted by molar-refractivity contribution is -0.118. The summed E-state index contributed by atoms with van der Waals surface area (Å²) >= 11 is 3.30. The van der Waals surface area contributed by atoms with Crippen LogP contribution in [0, 0.1) is 0 Å². The van der Waals surface area contributed by atoms with E-state index < -0.39 is 15.9 Å². The fourth-order valence-corrected chi connectivity index (χ4v) is 3.56. The molecule has 1 aromatic carbocycles. The number of carbonyl (C=O) groups excluding carboxylic acids is 1. The Labute approximate surface area is 122 Å². The van der Waals surface area contributed by atoms with Gasteiger partial charge in [-0.1, -0.05) is 28.1 Å². The number of rotatable bonds is 6. The maximum absolute atomic E-state index is 12.4. The fraction of sp³-hybridized carbons (Fsp3) is 0.417. The highest BCUT2D eigenvalue weighted by molar-refractivity contribution is 9.08. The molecule has 7 heteroatoms. The molecule has 1 amide bonds. The summed E-state index contributed by atoms with van der Waals surface area (Å²) in [5.74, 6) is -0.672. The van der Waals surface area contributed by atoms with Gasteiger partial charge in [0.25, 0.3) is 0 Å². The minimum absolute atomic E-state index is 0.159. The second-order valence-corrected chi connectivity index (χ2v) is 6.84. The summed E-state index contributed by atoms with van der Waals surface area (Å²) in [5.41, 5.74) is 6.08. The van der Waals surface area contributed by atoms with Crippen LogP contribution >= 0.6 is 15.9 Å². The second-order valence-electron chi connectivity index (χ2n) is 4.39. The Balaban J connectivity index is 3.14. The van der Waals surface area contributed by atoms with Gasteiger partial charge in [0.05, 0.1) is 11.4 Å². The molecule has 0 aliphatic heterocycles. The minimum atomic E-state index is -3.70. The lowest BCUT2D eigenvalue weighted by atomic mass is 10.2. The standard InChI is InChI=1S/C12H17BrN2O3S/c1-9(2)15(8-12(14)16)19(17,18)11-5-3-10(7-13)4-6-11/h3-6,9H,7-8H2,1-2H3,(H2,14,16). The molecule has 1 aromatic rings. The third-order valence-corrected chi connectivity index (χ3v) is 5.26. The van der Waals surface area contributed by atoms with E-state index in [1.807, 2.05) is 0 Å². The van der Waals surface area contributed by atoms with E-state index in [4.69, 9.17) is 5.73 Å². The van der Waals surface area contributed by atoms with Crippen LogP contribution in [0.4, 0.5) is 0 Å². The molecule has 106 valence electrons. The number of hydrogen-bond donors (Lipinski definition) is 1. The molecule has 0 aromatic heterocycles. The predicted octanol–water partition coefficient (Wildman–Crippen LogP) is 1.47. The monoisotopic (exact) mass is 348 g/mol. The quantitative estimate of drug-likeness (QED) is 0.790. The number of sulfonamides is 1. The van der Waals surface area contributed by atoms with Crippen LogP contribution in [0.2, 0.25) is 0 Å². The molecule has 0 saturated heterocycles. The molecule has 19 heavy (non-hydrogen) atoms. The Bertz CT molecular complexity index is 541. The summed E-state index contributed by atoms with van der Waals surface area (Å²) in [5, 5.41) is 0.655. The van der Waals surface area contributed by atoms with Gasteiger partial charge >= 0.3 is 0 Å². The third kappa shape index (κ3) is 4.02. The van der Waals surface area contributed by atoms with Gasteiger partial charge in [-0.15, -0.1) is 0 Å². The average molecular weight is 349 g/mol. The number of halogens is 1. The highest BCUT2D eigenvalue weighted by Gasteiger charge is 2.28. The Morgan fingerprint density at radius 3 is 2.21 bits per heavy atom. The molecule has 2 N–H and O–H groups in total. The topological polar surface area (TPSA) is 80.5 Å². The molecule has 1 rings (SSSR count). The van der Waals surface area contributed by atoms with Crippen molar-refractivity contribution in [3.05, 3.63) is 29.8 Å². The second kappa shape index (κ2) is 6.49. The summed E-state index contributed by atoms with van der Waals surface area (Å²) in [6.45, 7) is 3.08. The summed E-state index contributed by atoms with van der Waals surface area (Å²) in [6.07, 6.45) is 0. The van der Waals surface area contributed by atoms with Crippen LogP contribution in [-0.4, -0.2) is 31.2 Å². The zero-order chi connectivity index (χ0) is 14.6. The summed E-state index contributed by atoms with van der Waals surface area (Å²) < 4.78 is 25.9. The van der Waals surface area contributed by atoms with Crippen molar-refractivity contribution in [2.75, 3.05) is 6.54 Å². The van der Waals surface area contributed by atoms with Gasteiger partial charge in [-0.05, 0) is 31.5 Å². The van der Waals surface area contributed by atoms with Crippen LogP contribution in [0.3, 0.4) is 0 Å². The van der Waals surface area contributed by atoms with Crippen LogP contribution in [-0.2, 0) is 20.1 Å². The third-order valence-electron chi connectivity index (χ3n) is 2.57. The molecule has 0 bridgehead atoms. The number of amides is 1. The van der Waals surface area contributed by atoms with Crippen LogP contribution < -0.4 is 5.73 Å². The van der Waals surface area contributed by atoms with Crippen molar-refractivity contribution < 1.29 is 13.2 Å². The van der Waals surface area contributed by atoms with Crippen molar-refractivity contribution in [3.8, 4) is 0 Å². The van der Waals surface area contributed by atoms with Crippen molar-refractivity contribution in [1.82, 2.24) is 4.31 Å². The van der Waals surface area contributed by atoms with E-state index in [-0.39, 0.29) is 17.5 Å². The maximum Gasteiger partial charge on any atom is 0.243 e. The van der Waals surface area contributed by atoms with Gasteiger partial charge in [-0.25, -0.2) is 8.42 Å². The number of nitrogens with zero attached hydrogens (tertiary/aromatic N) is 1. The van der Waals surface area contributed by atoms with Crippen molar-refractivity contribution in [2.45, 2.75) is 30.1 Å². The minimum Gasteiger partial charge on any atom is -0.369 e. The molecule has 0 fully saturated rings. The fourth-order valence-electron chi connectivity index (χ4n) is 1.58. The van der Waals surface area contributed by atoms with Crippen molar-refractivity contribution >= 4 is 31.9 Å². The van der Waals surface area contributed by atoms with Crippen LogP contribution in [0.25, 0.3) is 0 Å². The summed E-state index contributed by atoms with van der Waals surface area (Å²) in [6, 6.07) is 6.17.